The predicted molar refractivity (Wildman–Crippen MR) is 108 cm³/mol. The van der Waals surface area contributed by atoms with Crippen LogP contribution in [0.25, 0.3) is 0 Å². The predicted octanol–water partition coefficient (Wildman–Crippen LogP) is 4.08. The molecule has 1 aliphatic rings. The smallest absolute Gasteiger partial charge is 0.293 e. The summed E-state index contributed by atoms with van der Waals surface area (Å²) in [6.45, 7) is 0.656. The van der Waals surface area contributed by atoms with Crippen molar-refractivity contribution in [3.8, 4) is 11.5 Å². The van der Waals surface area contributed by atoms with Crippen molar-refractivity contribution in [1.82, 2.24) is 0 Å². The van der Waals surface area contributed by atoms with Crippen molar-refractivity contribution in [2.45, 2.75) is 6.10 Å². The van der Waals surface area contributed by atoms with Crippen LogP contribution in [0.3, 0.4) is 0 Å². The zero-order valence-electron chi connectivity index (χ0n) is 15.4. The van der Waals surface area contributed by atoms with Gasteiger partial charge < -0.3 is 14.8 Å². The number of carbonyl (C=O) groups excluding carboxylic acids is 1. The van der Waals surface area contributed by atoms with E-state index in [-0.39, 0.29) is 23.1 Å². The molecule has 7 nitrogen and oxygen atoms in total. The van der Waals surface area contributed by atoms with Crippen molar-refractivity contribution in [3.05, 3.63) is 94.0 Å². The number of carbonyl (C=O) groups is 1. The number of ketones is 1. The summed E-state index contributed by atoms with van der Waals surface area (Å²) in [4.78, 5) is 23.6. The van der Waals surface area contributed by atoms with Crippen LogP contribution in [-0.4, -0.2) is 30.0 Å². The van der Waals surface area contributed by atoms with Gasteiger partial charge in [-0.25, -0.2) is 0 Å². The number of hydrogen-bond acceptors (Lipinski definition) is 6. The third-order valence-corrected chi connectivity index (χ3v) is 4.58. The molecule has 7 heteroatoms. The van der Waals surface area contributed by atoms with Gasteiger partial charge in [-0.3, -0.25) is 14.9 Å². The Bertz CT molecular complexity index is 1050. The molecule has 1 heterocycles. The van der Waals surface area contributed by atoms with Gasteiger partial charge in [0.2, 0.25) is 0 Å². The number of nitro groups is 1. The van der Waals surface area contributed by atoms with E-state index in [0.717, 1.165) is 0 Å². The van der Waals surface area contributed by atoms with Crippen LogP contribution in [0, 0.1) is 10.1 Å². The fraction of sp³-hybridized carbons (Fsp3) is 0.136. The van der Waals surface area contributed by atoms with Gasteiger partial charge in [0.1, 0.15) is 18.4 Å². The van der Waals surface area contributed by atoms with Crippen molar-refractivity contribution in [3.63, 3.8) is 0 Å². The molecular weight excluding hydrogens is 372 g/mol. The first kappa shape index (κ1) is 18.5. The Morgan fingerprint density at radius 3 is 2.48 bits per heavy atom. The Kier molecular flexibility index (Phi) is 5.11. The SMILES string of the molecule is O=C(c1ccccc1)c1ccc(NCC2COc3ccccc3O2)c([N+](=O)[O-])c1. The second-order valence-corrected chi connectivity index (χ2v) is 6.56. The van der Waals surface area contributed by atoms with E-state index >= 15 is 0 Å². The first-order valence-corrected chi connectivity index (χ1v) is 9.12. The van der Waals surface area contributed by atoms with Crippen LogP contribution in [0.5, 0.6) is 11.5 Å². The van der Waals surface area contributed by atoms with Crippen LogP contribution in [0.15, 0.2) is 72.8 Å². The summed E-state index contributed by atoms with van der Waals surface area (Å²) in [7, 11) is 0. The second-order valence-electron chi connectivity index (χ2n) is 6.56. The van der Waals surface area contributed by atoms with Crippen LogP contribution >= 0.6 is 0 Å². The Hall–Kier alpha value is -3.87. The number of benzene rings is 3. The Balaban J connectivity index is 1.49. The summed E-state index contributed by atoms with van der Waals surface area (Å²) in [5.74, 6) is 1.06. The summed E-state index contributed by atoms with van der Waals surface area (Å²) in [6.07, 6.45) is -0.296. The van der Waals surface area contributed by atoms with Crippen LogP contribution in [-0.2, 0) is 0 Å². The minimum atomic E-state index is -0.502. The van der Waals surface area contributed by atoms with Crippen molar-refractivity contribution < 1.29 is 19.2 Å². The minimum Gasteiger partial charge on any atom is -0.486 e. The molecule has 29 heavy (non-hydrogen) atoms. The van der Waals surface area contributed by atoms with Gasteiger partial charge >= 0.3 is 0 Å². The molecule has 1 N–H and O–H groups in total. The van der Waals surface area contributed by atoms with Gasteiger partial charge in [-0.15, -0.1) is 0 Å². The van der Waals surface area contributed by atoms with Crippen LogP contribution in [0.4, 0.5) is 11.4 Å². The van der Waals surface area contributed by atoms with Crippen LogP contribution in [0.2, 0.25) is 0 Å². The number of para-hydroxylation sites is 2. The molecule has 0 aromatic heterocycles. The zero-order valence-corrected chi connectivity index (χ0v) is 15.4. The van der Waals surface area contributed by atoms with E-state index in [1.54, 1.807) is 36.4 Å². The second kappa shape index (κ2) is 8.02. The molecule has 0 aliphatic carbocycles. The van der Waals surface area contributed by atoms with E-state index in [4.69, 9.17) is 9.47 Å². The Morgan fingerprint density at radius 2 is 1.72 bits per heavy atom. The Morgan fingerprint density at radius 1 is 1.00 bits per heavy atom. The van der Waals surface area contributed by atoms with Gasteiger partial charge in [-0.2, -0.15) is 0 Å². The van der Waals surface area contributed by atoms with E-state index in [1.165, 1.54) is 6.07 Å². The third kappa shape index (κ3) is 4.03. The summed E-state index contributed by atoms with van der Waals surface area (Å²) in [5, 5.41) is 14.6. The van der Waals surface area contributed by atoms with Gasteiger partial charge in [0.25, 0.3) is 5.69 Å². The van der Waals surface area contributed by atoms with Crippen LogP contribution in [0.1, 0.15) is 15.9 Å². The monoisotopic (exact) mass is 390 g/mol. The quantitative estimate of drug-likeness (QED) is 0.387. The van der Waals surface area contributed by atoms with E-state index in [0.29, 0.717) is 35.9 Å². The summed E-state index contributed by atoms with van der Waals surface area (Å²) < 4.78 is 11.5. The first-order chi connectivity index (χ1) is 14.1. The summed E-state index contributed by atoms with van der Waals surface area (Å²) in [6, 6.07) is 20.5. The molecular formula is C22H18N2O5. The molecule has 0 spiro atoms. The van der Waals surface area contributed by atoms with Gasteiger partial charge in [0.05, 0.1) is 11.5 Å². The number of ether oxygens (including phenoxy) is 2. The number of rotatable bonds is 6. The number of anilines is 1. The summed E-state index contributed by atoms with van der Waals surface area (Å²) in [5.41, 5.74) is 0.902. The molecule has 1 atom stereocenters. The molecule has 3 aromatic rings. The lowest BCUT2D eigenvalue weighted by Crippen LogP contribution is -2.35. The largest absolute Gasteiger partial charge is 0.486 e. The first-order valence-electron chi connectivity index (χ1n) is 9.12. The third-order valence-electron chi connectivity index (χ3n) is 4.58. The van der Waals surface area contributed by atoms with Crippen molar-refractivity contribution >= 4 is 17.2 Å². The van der Waals surface area contributed by atoms with Crippen molar-refractivity contribution in [1.29, 1.82) is 0 Å². The van der Waals surface area contributed by atoms with E-state index in [9.17, 15) is 14.9 Å². The van der Waals surface area contributed by atoms with Crippen molar-refractivity contribution in [2.24, 2.45) is 0 Å². The lowest BCUT2D eigenvalue weighted by atomic mass is 10.0. The fourth-order valence-electron chi connectivity index (χ4n) is 3.12. The summed E-state index contributed by atoms with van der Waals surface area (Å²) >= 11 is 0. The molecule has 0 fully saturated rings. The molecule has 0 saturated heterocycles. The maximum Gasteiger partial charge on any atom is 0.293 e. The number of nitro benzene ring substituents is 1. The van der Waals surface area contributed by atoms with Gasteiger partial charge in [0, 0.05) is 17.2 Å². The number of nitrogens with one attached hydrogen (secondary N) is 1. The van der Waals surface area contributed by atoms with E-state index < -0.39 is 4.92 Å². The molecule has 0 saturated carbocycles. The van der Waals surface area contributed by atoms with E-state index in [2.05, 4.69) is 5.32 Å². The van der Waals surface area contributed by atoms with Crippen molar-refractivity contribution in [2.75, 3.05) is 18.5 Å². The van der Waals surface area contributed by atoms with Gasteiger partial charge in [0.15, 0.2) is 17.3 Å². The molecule has 3 aromatic carbocycles. The maximum atomic E-state index is 12.6. The highest BCUT2D eigenvalue weighted by Gasteiger charge is 2.23. The topological polar surface area (TPSA) is 90.7 Å². The molecule has 1 aliphatic heterocycles. The highest BCUT2D eigenvalue weighted by atomic mass is 16.6. The van der Waals surface area contributed by atoms with E-state index in [1.807, 2.05) is 30.3 Å². The lowest BCUT2D eigenvalue weighted by Gasteiger charge is -2.26. The molecule has 0 bridgehead atoms. The van der Waals surface area contributed by atoms with Gasteiger partial charge in [-0.1, -0.05) is 42.5 Å². The standard InChI is InChI=1S/C22H18N2O5/c25-22(15-6-2-1-3-7-15)16-10-11-18(19(12-16)24(26)27)23-13-17-14-28-20-8-4-5-9-21(20)29-17/h1-12,17,23H,13-14H2. The Labute approximate surface area is 167 Å². The highest BCUT2D eigenvalue weighted by molar-refractivity contribution is 6.09. The fourth-order valence-corrected chi connectivity index (χ4v) is 3.12. The average Bonchev–Trinajstić information content (AvgIpc) is 2.77. The molecule has 146 valence electrons. The molecule has 4 rings (SSSR count). The normalized spacial score (nSPS) is 14.8. The molecule has 1 unspecified atom stereocenters. The zero-order chi connectivity index (χ0) is 20.2. The van der Waals surface area contributed by atoms with Gasteiger partial charge in [-0.05, 0) is 24.3 Å². The lowest BCUT2D eigenvalue weighted by molar-refractivity contribution is -0.384. The van der Waals surface area contributed by atoms with Crippen LogP contribution < -0.4 is 14.8 Å². The minimum absolute atomic E-state index is 0.163. The maximum absolute atomic E-state index is 12.6. The molecule has 0 radical (unpaired) electrons. The number of nitrogens with zero attached hydrogens (tertiary/aromatic N) is 1. The number of hydrogen-bond donors (Lipinski definition) is 1. The number of fused-ring (bicyclic) bond motifs is 1. The highest BCUT2D eigenvalue weighted by Crippen LogP contribution is 2.31. The average molecular weight is 390 g/mol. The molecule has 0 amide bonds.